The van der Waals surface area contributed by atoms with Gasteiger partial charge in [0.15, 0.2) is 5.82 Å². The van der Waals surface area contributed by atoms with Crippen LogP contribution in [0.4, 0.5) is 23.1 Å². The van der Waals surface area contributed by atoms with E-state index in [0.717, 1.165) is 40.9 Å². The minimum atomic E-state index is -0.495. The fraction of sp³-hybridized carbons (Fsp3) is 0.478. The molecular weight excluding hydrogens is 390 g/mol. The zero-order valence-corrected chi connectivity index (χ0v) is 18.6. The van der Waals surface area contributed by atoms with Crippen LogP contribution in [0.2, 0.25) is 0 Å². The van der Waals surface area contributed by atoms with Crippen molar-refractivity contribution in [2.75, 3.05) is 28.7 Å². The average Bonchev–Trinajstić information content (AvgIpc) is 3.39. The number of nitrogens with zero attached hydrogens (tertiary/aromatic N) is 6. The molecule has 0 unspecified atom stereocenters. The third kappa shape index (κ3) is 3.40. The molecular formula is C23H29N7O. The van der Waals surface area contributed by atoms with Crippen LogP contribution in [-0.4, -0.2) is 45.3 Å². The average molecular weight is 420 g/mol. The van der Waals surface area contributed by atoms with Gasteiger partial charge in [-0.3, -0.25) is 9.48 Å². The molecule has 0 bridgehead atoms. The summed E-state index contributed by atoms with van der Waals surface area (Å²) < 4.78 is 1.80. The molecule has 1 N–H and O–H groups in total. The lowest BCUT2D eigenvalue weighted by atomic mass is 9.91. The van der Waals surface area contributed by atoms with Crippen LogP contribution in [0, 0.1) is 5.41 Å². The minimum Gasteiger partial charge on any atom is -0.351 e. The number of rotatable bonds is 3. The summed E-state index contributed by atoms with van der Waals surface area (Å²) >= 11 is 0. The van der Waals surface area contributed by atoms with Gasteiger partial charge in [-0.1, -0.05) is 25.0 Å². The van der Waals surface area contributed by atoms with Crippen LogP contribution in [0.15, 0.2) is 30.6 Å². The fourth-order valence-electron chi connectivity index (χ4n) is 4.91. The van der Waals surface area contributed by atoms with Crippen LogP contribution in [0.25, 0.3) is 10.9 Å². The molecule has 0 radical (unpaired) electrons. The van der Waals surface area contributed by atoms with Crippen molar-refractivity contribution < 1.29 is 4.79 Å². The number of aryl methyl sites for hydroxylation is 1. The van der Waals surface area contributed by atoms with Crippen LogP contribution in [-0.2, 0) is 11.8 Å². The summed E-state index contributed by atoms with van der Waals surface area (Å²) in [5, 5.41) is 8.98. The van der Waals surface area contributed by atoms with Gasteiger partial charge in [0, 0.05) is 38.3 Å². The third-order valence-corrected chi connectivity index (χ3v) is 6.50. The first-order valence-corrected chi connectivity index (χ1v) is 10.9. The van der Waals surface area contributed by atoms with Gasteiger partial charge in [-0.05, 0) is 32.8 Å². The van der Waals surface area contributed by atoms with Gasteiger partial charge in [0.25, 0.3) is 0 Å². The van der Waals surface area contributed by atoms with Gasteiger partial charge in [-0.25, -0.2) is 4.98 Å². The van der Waals surface area contributed by atoms with Gasteiger partial charge < -0.3 is 15.1 Å². The monoisotopic (exact) mass is 419 g/mol. The second-order valence-electron chi connectivity index (χ2n) is 9.39. The lowest BCUT2D eigenvalue weighted by Crippen LogP contribution is -2.45. The Kier molecular flexibility index (Phi) is 4.60. The number of fused-ring (bicyclic) bond motifs is 2. The molecule has 2 aromatic heterocycles. The largest absolute Gasteiger partial charge is 0.351 e. The highest BCUT2D eigenvalue weighted by Gasteiger charge is 2.41. The number of carbonyl (C=O) groups excluding carboxylic acids is 1. The van der Waals surface area contributed by atoms with Gasteiger partial charge in [-0.2, -0.15) is 10.1 Å². The van der Waals surface area contributed by atoms with E-state index >= 15 is 0 Å². The van der Waals surface area contributed by atoms with Crippen molar-refractivity contribution >= 4 is 40.0 Å². The number of anilines is 4. The summed E-state index contributed by atoms with van der Waals surface area (Å²) in [4.78, 5) is 26.7. The Morgan fingerprint density at radius 3 is 2.71 bits per heavy atom. The lowest BCUT2D eigenvalue weighted by Gasteiger charge is -2.34. The molecule has 3 aromatic rings. The summed E-state index contributed by atoms with van der Waals surface area (Å²) in [5.74, 6) is 1.44. The number of benzene rings is 1. The Bertz CT molecular complexity index is 1150. The van der Waals surface area contributed by atoms with E-state index in [9.17, 15) is 4.79 Å². The third-order valence-electron chi connectivity index (χ3n) is 6.50. The van der Waals surface area contributed by atoms with Crippen LogP contribution >= 0.6 is 0 Å². The molecule has 1 amide bonds. The molecule has 1 fully saturated rings. The number of nitrogens with one attached hydrogen (secondary N) is 1. The minimum absolute atomic E-state index is 0.0943. The van der Waals surface area contributed by atoms with Crippen LogP contribution in [0.5, 0.6) is 0 Å². The van der Waals surface area contributed by atoms with E-state index in [1.54, 1.807) is 15.8 Å². The molecule has 0 atom stereocenters. The SMILES string of the molecule is CN1C(=O)C(C)(C)CN(C2CCCC2)c2nc(Nc3cccc4cn(C)nc34)ncc21. The van der Waals surface area contributed by atoms with Crippen LogP contribution in [0.3, 0.4) is 0 Å². The van der Waals surface area contributed by atoms with E-state index < -0.39 is 5.41 Å². The van der Waals surface area contributed by atoms with Crippen molar-refractivity contribution in [3.63, 3.8) is 0 Å². The Morgan fingerprint density at radius 2 is 1.94 bits per heavy atom. The maximum absolute atomic E-state index is 13.1. The first kappa shape index (κ1) is 19.8. The zero-order valence-electron chi connectivity index (χ0n) is 18.6. The smallest absolute Gasteiger partial charge is 0.234 e. The molecule has 1 saturated carbocycles. The van der Waals surface area contributed by atoms with Gasteiger partial charge in [0.2, 0.25) is 11.9 Å². The molecule has 0 spiro atoms. The zero-order chi connectivity index (χ0) is 21.8. The maximum atomic E-state index is 13.1. The first-order valence-electron chi connectivity index (χ1n) is 10.9. The summed E-state index contributed by atoms with van der Waals surface area (Å²) in [6, 6.07) is 6.42. The van der Waals surface area contributed by atoms with Crippen molar-refractivity contribution in [3.05, 3.63) is 30.6 Å². The number of hydrogen-bond acceptors (Lipinski definition) is 6. The van der Waals surface area contributed by atoms with Crippen molar-refractivity contribution in [1.29, 1.82) is 0 Å². The highest BCUT2D eigenvalue weighted by Crippen LogP contribution is 2.40. The van der Waals surface area contributed by atoms with E-state index in [2.05, 4.69) is 20.3 Å². The summed E-state index contributed by atoms with van der Waals surface area (Å²) in [6.07, 6.45) is 8.46. The molecule has 0 saturated heterocycles. The predicted molar refractivity (Wildman–Crippen MR) is 123 cm³/mol. The van der Waals surface area contributed by atoms with Crippen molar-refractivity contribution in [1.82, 2.24) is 19.7 Å². The second kappa shape index (κ2) is 7.21. The molecule has 2 aliphatic rings. The molecule has 8 heteroatoms. The highest BCUT2D eigenvalue weighted by molar-refractivity contribution is 6.01. The number of amides is 1. The molecule has 3 heterocycles. The van der Waals surface area contributed by atoms with Crippen LogP contribution < -0.4 is 15.1 Å². The van der Waals surface area contributed by atoms with Crippen molar-refractivity contribution in [2.45, 2.75) is 45.6 Å². The van der Waals surface area contributed by atoms with Crippen molar-refractivity contribution in [3.8, 4) is 0 Å². The maximum Gasteiger partial charge on any atom is 0.234 e. The predicted octanol–water partition coefficient (Wildman–Crippen LogP) is 3.86. The van der Waals surface area contributed by atoms with E-state index in [1.807, 2.05) is 52.3 Å². The number of aromatic nitrogens is 4. The quantitative estimate of drug-likeness (QED) is 0.695. The van der Waals surface area contributed by atoms with E-state index in [1.165, 1.54) is 12.8 Å². The first-order chi connectivity index (χ1) is 14.8. The number of hydrogen-bond donors (Lipinski definition) is 1. The Morgan fingerprint density at radius 1 is 1.16 bits per heavy atom. The van der Waals surface area contributed by atoms with Crippen molar-refractivity contribution in [2.24, 2.45) is 12.5 Å². The van der Waals surface area contributed by atoms with Gasteiger partial charge in [-0.15, -0.1) is 0 Å². The van der Waals surface area contributed by atoms with E-state index in [0.29, 0.717) is 18.5 Å². The summed E-state index contributed by atoms with van der Waals surface area (Å²) in [5.41, 5.74) is 2.02. The topological polar surface area (TPSA) is 79.2 Å². The van der Waals surface area contributed by atoms with Gasteiger partial charge in [0.1, 0.15) is 11.2 Å². The lowest BCUT2D eigenvalue weighted by molar-refractivity contribution is -0.125. The summed E-state index contributed by atoms with van der Waals surface area (Å²) in [6.45, 7) is 4.70. The molecule has 8 nitrogen and oxygen atoms in total. The van der Waals surface area contributed by atoms with Gasteiger partial charge >= 0.3 is 0 Å². The Hall–Kier alpha value is -3.16. The molecule has 1 aliphatic carbocycles. The van der Waals surface area contributed by atoms with E-state index in [4.69, 9.17) is 4.98 Å². The molecule has 1 aromatic carbocycles. The van der Waals surface area contributed by atoms with Gasteiger partial charge in [0.05, 0.1) is 17.3 Å². The normalized spacial score (nSPS) is 19.0. The molecule has 1 aliphatic heterocycles. The standard InChI is InChI=1S/C23H29N7O/c1-23(2)14-30(16-9-5-6-10-16)20-18(29(4)21(23)31)12-24-22(26-20)25-17-11-7-8-15-13-28(3)27-19(15)17/h7-8,11-13,16H,5-6,9-10,14H2,1-4H3,(H,24,25,26). The Balaban J connectivity index is 1.57. The fourth-order valence-corrected chi connectivity index (χ4v) is 4.91. The molecule has 5 rings (SSSR count). The Labute approximate surface area is 182 Å². The highest BCUT2D eigenvalue weighted by atomic mass is 16.2. The number of carbonyl (C=O) groups is 1. The van der Waals surface area contributed by atoms with Crippen LogP contribution in [0.1, 0.15) is 39.5 Å². The molecule has 162 valence electrons. The van der Waals surface area contributed by atoms with E-state index in [-0.39, 0.29) is 5.91 Å². The second-order valence-corrected chi connectivity index (χ2v) is 9.39. The summed E-state index contributed by atoms with van der Waals surface area (Å²) in [7, 11) is 3.74. The molecule has 31 heavy (non-hydrogen) atoms.